The predicted octanol–water partition coefficient (Wildman–Crippen LogP) is 1.37. The van der Waals surface area contributed by atoms with Gasteiger partial charge in [-0.25, -0.2) is 0 Å². The van der Waals surface area contributed by atoms with Gasteiger partial charge in [0.1, 0.15) is 0 Å². The summed E-state index contributed by atoms with van der Waals surface area (Å²) >= 11 is 0. The Morgan fingerprint density at radius 3 is 2.80 bits per heavy atom. The fourth-order valence-electron chi connectivity index (χ4n) is 1.15. The van der Waals surface area contributed by atoms with Crippen molar-refractivity contribution in [3.63, 3.8) is 0 Å². The average molecular weight is 205 g/mol. The first-order valence-corrected chi connectivity index (χ1v) is 4.81. The fraction of sp³-hybridized carbons (Fsp3) is 0.455. The lowest BCUT2D eigenvalue weighted by Gasteiger charge is -2.16. The van der Waals surface area contributed by atoms with Gasteiger partial charge in [0, 0.05) is 25.0 Å². The highest BCUT2D eigenvalue weighted by Crippen LogP contribution is 2.19. The number of hydrogen-bond donors (Lipinski definition) is 1. The molecule has 0 amide bonds. The van der Waals surface area contributed by atoms with E-state index in [4.69, 9.17) is 11.0 Å². The van der Waals surface area contributed by atoms with Gasteiger partial charge in [-0.1, -0.05) is 0 Å². The first-order chi connectivity index (χ1) is 6.94. The number of nitriles is 1. The lowest BCUT2D eigenvalue weighted by Crippen LogP contribution is -2.15. The third-order valence-corrected chi connectivity index (χ3v) is 2.30. The molecule has 4 nitrogen and oxygen atoms in total. The normalized spacial score (nSPS) is 11.0. The van der Waals surface area contributed by atoms with E-state index >= 15 is 0 Å². The Bertz CT molecular complexity index is 440. The smallest absolute Gasteiger partial charge is 0.204 e. The maximum Gasteiger partial charge on any atom is 0.204 e. The number of anilines is 1. The van der Waals surface area contributed by atoms with Gasteiger partial charge < -0.3 is 10.3 Å². The third kappa shape index (κ3) is 3.13. The molecule has 80 valence electrons. The van der Waals surface area contributed by atoms with E-state index < -0.39 is 0 Å². The molecule has 0 radical (unpaired) electrons. The molecule has 0 saturated carbocycles. The molecule has 0 aliphatic rings. The van der Waals surface area contributed by atoms with Crippen molar-refractivity contribution in [2.75, 3.05) is 5.73 Å². The van der Waals surface area contributed by atoms with Crippen LogP contribution in [-0.2, 0) is 6.54 Å². The molecule has 0 atom stereocenters. The zero-order chi connectivity index (χ0) is 11.5. The molecular weight excluding hydrogens is 190 g/mol. The van der Waals surface area contributed by atoms with Crippen molar-refractivity contribution in [2.24, 2.45) is 5.41 Å². The largest absolute Gasteiger partial charge is 0.394 e. The molecule has 0 unspecified atom stereocenters. The minimum absolute atomic E-state index is 0.161. The van der Waals surface area contributed by atoms with Crippen LogP contribution in [0.4, 0.5) is 5.69 Å². The van der Waals surface area contributed by atoms with E-state index in [0.29, 0.717) is 6.54 Å². The quantitative estimate of drug-likeness (QED) is 0.810. The van der Waals surface area contributed by atoms with Crippen LogP contribution in [0.5, 0.6) is 0 Å². The second-order valence-electron chi connectivity index (χ2n) is 4.25. The van der Waals surface area contributed by atoms with E-state index in [1.807, 2.05) is 18.4 Å². The molecule has 0 bridgehead atoms. The minimum atomic E-state index is -0.349. The fourth-order valence-corrected chi connectivity index (χ4v) is 1.15. The molecule has 1 aromatic heterocycles. The zero-order valence-electron chi connectivity index (χ0n) is 9.03. The second-order valence-corrected chi connectivity index (χ2v) is 4.25. The molecule has 0 spiro atoms. The summed E-state index contributed by atoms with van der Waals surface area (Å²) in [5, 5.41) is 8.84. The summed E-state index contributed by atoms with van der Waals surface area (Å²) in [6.45, 7) is 4.46. The zero-order valence-corrected chi connectivity index (χ0v) is 9.03. The molecule has 4 heteroatoms. The highest BCUT2D eigenvalue weighted by atomic mass is 16.1. The molecule has 2 N–H and O–H groups in total. The van der Waals surface area contributed by atoms with Gasteiger partial charge in [-0.05, 0) is 20.3 Å². The SMILES string of the molecule is CC(C)(C#N)CCn1ccc(=O)c(N)c1. The first kappa shape index (κ1) is 11.3. The van der Waals surface area contributed by atoms with Crippen LogP contribution in [-0.4, -0.2) is 4.57 Å². The summed E-state index contributed by atoms with van der Waals surface area (Å²) in [5.74, 6) is 0. The van der Waals surface area contributed by atoms with Crippen molar-refractivity contribution in [3.8, 4) is 6.07 Å². The maximum atomic E-state index is 11.0. The highest BCUT2D eigenvalue weighted by molar-refractivity contribution is 5.33. The Morgan fingerprint density at radius 1 is 1.60 bits per heavy atom. The van der Waals surface area contributed by atoms with E-state index in [1.165, 1.54) is 6.07 Å². The lowest BCUT2D eigenvalue weighted by molar-refractivity contribution is 0.413. The van der Waals surface area contributed by atoms with Gasteiger partial charge in [0.05, 0.1) is 17.2 Å². The van der Waals surface area contributed by atoms with E-state index in [0.717, 1.165) is 6.42 Å². The number of aryl methyl sites for hydroxylation is 1. The monoisotopic (exact) mass is 205 g/mol. The summed E-state index contributed by atoms with van der Waals surface area (Å²) in [6, 6.07) is 3.67. The molecule has 0 saturated heterocycles. The number of nitrogens with two attached hydrogens (primary N) is 1. The van der Waals surface area contributed by atoms with Gasteiger partial charge in [0.2, 0.25) is 5.43 Å². The summed E-state index contributed by atoms with van der Waals surface area (Å²) < 4.78 is 1.83. The molecule has 0 aromatic carbocycles. The lowest BCUT2D eigenvalue weighted by atomic mass is 9.91. The number of rotatable bonds is 3. The van der Waals surface area contributed by atoms with Crippen LogP contribution >= 0.6 is 0 Å². The molecule has 0 fully saturated rings. The van der Waals surface area contributed by atoms with Gasteiger partial charge >= 0.3 is 0 Å². The van der Waals surface area contributed by atoms with Crippen LogP contribution in [0.15, 0.2) is 23.3 Å². The average Bonchev–Trinajstić information content (AvgIpc) is 2.20. The van der Waals surface area contributed by atoms with Crippen molar-refractivity contribution in [1.29, 1.82) is 5.26 Å². The standard InChI is InChI=1S/C11H15N3O/c1-11(2,8-12)4-6-14-5-3-10(15)9(13)7-14/h3,5,7H,4,6,13H2,1-2H3. The van der Waals surface area contributed by atoms with Crippen LogP contribution in [0, 0.1) is 16.7 Å². The Labute approximate surface area is 88.9 Å². The molecule has 1 aromatic rings. The van der Waals surface area contributed by atoms with E-state index in [9.17, 15) is 4.79 Å². The van der Waals surface area contributed by atoms with Gasteiger partial charge in [-0.3, -0.25) is 4.79 Å². The summed E-state index contributed by atoms with van der Waals surface area (Å²) in [4.78, 5) is 11.0. The molecule has 1 heterocycles. The molecular formula is C11H15N3O. The Kier molecular flexibility index (Phi) is 3.15. The molecule has 15 heavy (non-hydrogen) atoms. The number of aromatic nitrogens is 1. The van der Waals surface area contributed by atoms with Crippen LogP contribution in [0.3, 0.4) is 0 Å². The molecule has 0 aliphatic carbocycles. The minimum Gasteiger partial charge on any atom is -0.394 e. The Balaban J connectivity index is 2.72. The van der Waals surface area contributed by atoms with Crippen molar-refractivity contribution >= 4 is 5.69 Å². The number of nitrogen functional groups attached to an aromatic ring is 1. The summed E-state index contributed by atoms with van der Waals surface area (Å²) in [5.41, 5.74) is 5.23. The van der Waals surface area contributed by atoms with Crippen LogP contribution < -0.4 is 11.2 Å². The number of pyridine rings is 1. The van der Waals surface area contributed by atoms with Crippen molar-refractivity contribution < 1.29 is 0 Å². The van der Waals surface area contributed by atoms with E-state index in [2.05, 4.69) is 6.07 Å². The first-order valence-electron chi connectivity index (χ1n) is 4.81. The second kappa shape index (κ2) is 4.18. The topological polar surface area (TPSA) is 71.8 Å². The highest BCUT2D eigenvalue weighted by Gasteiger charge is 2.15. The van der Waals surface area contributed by atoms with E-state index in [1.54, 1.807) is 12.4 Å². The van der Waals surface area contributed by atoms with Crippen LogP contribution in [0.1, 0.15) is 20.3 Å². The van der Waals surface area contributed by atoms with Crippen LogP contribution in [0.2, 0.25) is 0 Å². The summed E-state index contributed by atoms with van der Waals surface area (Å²) in [7, 11) is 0. The maximum absolute atomic E-state index is 11.0. The van der Waals surface area contributed by atoms with Crippen molar-refractivity contribution in [1.82, 2.24) is 4.57 Å². The Hall–Kier alpha value is -1.76. The van der Waals surface area contributed by atoms with Crippen molar-refractivity contribution in [3.05, 3.63) is 28.7 Å². The van der Waals surface area contributed by atoms with Gasteiger partial charge in [0.25, 0.3) is 0 Å². The predicted molar refractivity (Wildman–Crippen MR) is 59.1 cm³/mol. The number of hydrogen-bond acceptors (Lipinski definition) is 3. The van der Waals surface area contributed by atoms with Gasteiger partial charge in [-0.15, -0.1) is 0 Å². The van der Waals surface area contributed by atoms with Crippen LogP contribution in [0.25, 0.3) is 0 Å². The van der Waals surface area contributed by atoms with Crippen molar-refractivity contribution in [2.45, 2.75) is 26.8 Å². The van der Waals surface area contributed by atoms with Gasteiger partial charge in [0.15, 0.2) is 0 Å². The third-order valence-electron chi connectivity index (χ3n) is 2.30. The Morgan fingerprint density at radius 2 is 2.27 bits per heavy atom. The molecule has 0 aliphatic heterocycles. The molecule has 1 rings (SSSR count). The van der Waals surface area contributed by atoms with Gasteiger partial charge in [-0.2, -0.15) is 5.26 Å². The van der Waals surface area contributed by atoms with E-state index in [-0.39, 0.29) is 16.5 Å². The summed E-state index contributed by atoms with van der Waals surface area (Å²) in [6.07, 6.45) is 4.02. The number of nitrogens with zero attached hydrogens (tertiary/aromatic N) is 2.